The number of aryl methyl sites for hydroxylation is 2. The molecule has 0 saturated carbocycles. The minimum atomic E-state index is -0.342. The van der Waals surface area contributed by atoms with Crippen molar-refractivity contribution in [2.24, 2.45) is 0 Å². The molecule has 0 spiro atoms. The van der Waals surface area contributed by atoms with E-state index < -0.39 is 0 Å². The van der Waals surface area contributed by atoms with Crippen LogP contribution < -0.4 is 5.56 Å². The number of esters is 1. The third-order valence-electron chi connectivity index (χ3n) is 2.71. The van der Waals surface area contributed by atoms with Gasteiger partial charge in [-0.1, -0.05) is 0 Å². The normalized spacial score (nSPS) is 10.6. The van der Waals surface area contributed by atoms with E-state index in [1.807, 2.05) is 13.0 Å². The average molecular weight is 246 g/mol. The Balaban J connectivity index is 2.54. The van der Waals surface area contributed by atoms with E-state index in [-0.39, 0.29) is 18.1 Å². The molecule has 2 rings (SSSR count). The number of aromatic nitrogens is 2. The first-order chi connectivity index (χ1) is 8.47. The number of hydrogen-bond acceptors (Lipinski definition) is 4. The van der Waals surface area contributed by atoms with E-state index in [4.69, 9.17) is 4.74 Å². The molecule has 0 bridgehead atoms. The second kappa shape index (κ2) is 4.60. The molecule has 1 aromatic carbocycles. The summed E-state index contributed by atoms with van der Waals surface area (Å²) >= 11 is 0. The van der Waals surface area contributed by atoms with Gasteiger partial charge in [-0.05, 0) is 37.1 Å². The zero-order valence-electron chi connectivity index (χ0n) is 10.5. The molecule has 0 unspecified atom stereocenters. The van der Waals surface area contributed by atoms with Crippen LogP contribution in [-0.2, 0) is 16.1 Å². The first-order valence-electron chi connectivity index (χ1n) is 5.61. The van der Waals surface area contributed by atoms with Crippen LogP contribution in [0.2, 0.25) is 0 Å². The molecule has 5 nitrogen and oxygen atoms in total. The van der Waals surface area contributed by atoms with Crippen LogP contribution in [0.4, 0.5) is 0 Å². The van der Waals surface area contributed by atoms with Crippen LogP contribution in [-0.4, -0.2) is 15.9 Å². The molecule has 2 aromatic rings. The Hall–Kier alpha value is -2.17. The molecule has 1 N–H and O–H groups in total. The fourth-order valence-electron chi connectivity index (χ4n) is 1.79. The first kappa shape index (κ1) is 12.3. The molecule has 1 heterocycles. The molecule has 1 aromatic heterocycles. The standard InChI is InChI=1S/C13H14N2O3/c1-7-4-12-11(13(17)15-8(2)14-12)5-10(7)6-18-9(3)16/h4-5H,6H2,1-3H3,(H,14,15,17). The predicted molar refractivity (Wildman–Crippen MR) is 67.3 cm³/mol. The molecule has 0 radical (unpaired) electrons. The monoisotopic (exact) mass is 246 g/mol. The summed E-state index contributed by atoms with van der Waals surface area (Å²) in [5, 5.41) is 0.508. The van der Waals surface area contributed by atoms with Crippen LogP contribution in [0, 0.1) is 13.8 Å². The maximum atomic E-state index is 11.8. The summed E-state index contributed by atoms with van der Waals surface area (Å²) in [7, 11) is 0. The molecule has 94 valence electrons. The summed E-state index contributed by atoms with van der Waals surface area (Å²) in [6.45, 7) is 5.16. The maximum absolute atomic E-state index is 11.8. The number of fused-ring (bicyclic) bond motifs is 1. The minimum absolute atomic E-state index is 0.171. The number of aromatic amines is 1. The third kappa shape index (κ3) is 2.40. The van der Waals surface area contributed by atoms with E-state index in [1.54, 1.807) is 13.0 Å². The van der Waals surface area contributed by atoms with Gasteiger partial charge in [-0.3, -0.25) is 9.59 Å². The smallest absolute Gasteiger partial charge is 0.302 e. The Morgan fingerprint density at radius 2 is 2.11 bits per heavy atom. The van der Waals surface area contributed by atoms with Gasteiger partial charge in [-0.2, -0.15) is 0 Å². The third-order valence-corrected chi connectivity index (χ3v) is 2.71. The molecular formula is C13H14N2O3. The molecule has 0 aliphatic heterocycles. The maximum Gasteiger partial charge on any atom is 0.302 e. The largest absolute Gasteiger partial charge is 0.461 e. The van der Waals surface area contributed by atoms with Gasteiger partial charge < -0.3 is 9.72 Å². The highest BCUT2D eigenvalue weighted by Gasteiger charge is 2.07. The SMILES string of the molecule is CC(=O)OCc1cc2c(=O)[nH]c(C)nc2cc1C. The van der Waals surface area contributed by atoms with Gasteiger partial charge in [-0.15, -0.1) is 0 Å². The van der Waals surface area contributed by atoms with Crippen LogP contribution in [0.25, 0.3) is 10.9 Å². The topological polar surface area (TPSA) is 72.1 Å². The van der Waals surface area contributed by atoms with Crippen LogP contribution in [0.5, 0.6) is 0 Å². The van der Waals surface area contributed by atoms with E-state index in [2.05, 4.69) is 9.97 Å². The van der Waals surface area contributed by atoms with E-state index in [0.29, 0.717) is 16.7 Å². The Morgan fingerprint density at radius 3 is 2.78 bits per heavy atom. The van der Waals surface area contributed by atoms with Gasteiger partial charge in [0.2, 0.25) is 0 Å². The second-order valence-electron chi connectivity index (χ2n) is 4.23. The first-order valence-corrected chi connectivity index (χ1v) is 5.61. The molecule has 0 fully saturated rings. The molecule has 0 aliphatic carbocycles. The highest BCUT2D eigenvalue weighted by Crippen LogP contribution is 2.16. The fraction of sp³-hybridized carbons (Fsp3) is 0.308. The number of nitrogens with one attached hydrogen (secondary N) is 1. The lowest BCUT2D eigenvalue weighted by molar-refractivity contribution is -0.142. The Bertz CT molecular complexity index is 674. The second-order valence-corrected chi connectivity index (χ2v) is 4.23. The summed E-state index contributed by atoms with van der Waals surface area (Å²) in [5.41, 5.74) is 2.23. The van der Waals surface area contributed by atoms with Crippen molar-refractivity contribution in [1.29, 1.82) is 0 Å². The van der Waals surface area contributed by atoms with Crippen LogP contribution >= 0.6 is 0 Å². The molecule has 18 heavy (non-hydrogen) atoms. The summed E-state index contributed by atoms with van der Waals surface area (Å²) in [6, 6.07) is 3.55. The van der Waals surface area contributed by atoms with Crippen molar-refractivity contribution in [3.8, 4) is 0 Å². The molecule has 0 saturated heterocycles. The zero-order valence-corrected chi connectivity index (χ0v) is 10.5. The summed E-state index contributed by atoms with van der Waals surface area (Å²) in [6.07, 6.45) is 0. The lowest BCUT2D eigenvalue weighted by Crippen LogP contribution is -2.11. The molecular weight excluding hydrogens is 232 g/mol. The predicted octanol–water partition coefficient (Wildman–Crippen LogP) is 1.60. The van der Waals surface area contributed by atoms with Gasteiger partial charge >= 0.3 is 5.97 Å². The van der Waals surface area contributed by atoms with E-state index >= 15 is 0 Å². The van der Waals surface area contributed by atoms with E-state index in [9.17, 15) is 9.59 Å². The summed E-state index contributed by atoms with van der Waals surface area (Å²) in [4.78, 5) is 29.5. The number of ether oxygens (including phenoxy) is 1. The average Bonchev–Trinajstić information content (AvgIpc) is 2.26. The van der Waals surface area contributed by atoms with Crippen molar-refractivity contribution in [2.75, 3.05) is 0 Å². The lowest BCUT2D eigenvalue weighted by Gasteiger charge is -2.08. The molecule has 0 atom stereocenters. The number of carbonyl (C=O) groups is 1. The fourth-order valence-corrected chi connectivity index (χ4v) is 1.79. The number of rotatable bonds is 2. The number of carbonyl (C=O) groups excluding carboxylic acids is 1. The highest BCUT2D eigenvalue weighted by molar-refractivity contribution is 5.79. The number of benzene rings is 1. The van der Waals surface area contributed by atoms with Gasteiger partial charge in [0.05, 0.1) is 10.9 Å². The Morgan fingerprint density at radius 1 is 1.39 bits per heavy atom. The van der Waals surface area contributed by atoms with E-state index in [1.165, 1.54) is 6.92 Å². The van der Waals surface area contributed by atoms with Gasteiger partial charge in [0.25, 0.3) is 5.56 Å². The van der Waals surface area contributed by atoms with Crippen molar-refractivity contribution < 1.29 is 9.53 Å². The lowest BCUT2D eigenvalue weighted by atomic mass is 10.1. The van der Waals surface area contributed by atoms with Gasteiger partial charge in [0.15, 0.2) is 0 Å². The highest BCUT2D eigenvalue weighted by atomic mass is 16.5. The van der Waals surface area contributed by atoms with Gasteiger partial charge in [0.1, 0.15) is 12.4 Å². The minimum Gasteiger partial charge on any atom is -0.461 e. The summed E-state index contributed by atoms with van der Waals surface area (Å²) in [5.74, 6) is 0.241. The van der Waals surface area contributed by atoms with Crippen molar-refractivity contribution >= 4 is 16.9 Å². The van der Waals surface area contributed by atoms with Crippen LogP contribution in [0.3, 0.4) is 0 Å². The molecule has 5 heteroatoms. The van der Waals surface area contributed by atoms with Crippen molar-refractivity contribution in [1.82, 2.24) is 9.97 Å². The van der Waals surface area contributed by atoms with Crippen molar-refractivity contribution in [3.05, 3.63) is 39.4 Å². The molecule has 0 amide bonds. The van der Waals surface area contributed by atoms with Crippen LogP contribution in [0.1, 0.15) is 23.9 Å². The quantitative estimate of drug-likeness (QED) is 0.817. The van der Waals surface area contributed by atoms with Crippen molar-refractivity contribution in [3.63, 3.8) is 0 Å². The summed E-state index contributed by atoms with van der Waals surface area (Å²) < 4.78 is 4.95. The number of H-pyrrole nitrogens is 1. The number of nitrogens with zero attached hydrogens (tertiary/aromatic N) is 1. The molecule has 0 aliphatic rings. The van der Waals surface area contributed by atoms with Crippen LogP contribution in [0.15, 0.2) is 16.9 Å². The Labute approximate surface area is 104 Å². The van der Waals surface area contributed by atoms with Gasteiger partial charge in [0, 0.05) is 6.92 Å². The zero-order chi connectivity index (χ0) is 13.3. The number of hydrogen-bond donors (Lipinski definition) is 1. The van der Waals surface area contributed by atoms with Crippen molar-refractivity contribution in [2.45, 2.75) is 27.4 Å². The van der Waals surface area contributed by atoms with E-state index in [0.717, 1.165) is 11.1 Å². The Kier molecular flexibility index (Phi) is 3.14. The van der Waals surface area contributed by atoms with Gasteiger partial charge in [-0.25, -0.2) is 4.98 Å².